The van der Waals surface area contributed by atoms with Crippen molar-refractivity contribution >= 4 is 11.8 Å². The van der Waals surface area contributed by atoms with E-state index in [-0.39, 0.29) is 11.4 Å². The van der Waals surface area contributed by atoms with Gasteiger partial charge < -0.3 is 4.74 Å². The molecular formula is C13H20O3. The zero-order chi connectivity index (χ0) is 12.2. The van der Waals surface area contributed by atoms with E-state index in [4.69, 9.17) is 0 Å². The van der Waals surface area contributed by atoms with Crippen molar-refractivity contribution < 1.29 is 14.3 Å². The molecule has 1 saturated carbocycles. The molecule has 0 amide bonds. The van der Waals surface area contributed by atoms with E-state index in [9.17, 15) is 9.59 Å². The molecule has 3 heteroatoms. The minimum atomic E-state index is -0.319. The van der Waals surface area contributed by atoms with Gasteiger partial charge in [-0.2, -0.15) is 0 Å². The van der Waals surface area contributed by atoms with Gasteiger partial charge in [-0.05, 0) is 24.2 Å². The zero-order valence-corrected chi connectivity index (χ0v) is 10.3. The Morgan fingerprint density at radius 3 is 2.44 bits per heavy atom. The molecule has 16 heavy (non-hydrogen) atoms. The molecule has 1 rings (SSSR count). The Bertz CT molecular complexity index is 292. The number of methoxy groups -OCH3 is 1. The lowest BCUT2D eigenvalue weighted by molar-refractivity contribution is -0.135. The molecule has 3 nitrogen and oxygen atoms in total. The van der Waals surface area contributed by atoms with Crippen molar-refractivity contribution in [3.05, 3.63) is 12.2 Å². The lowest BCUT2D eigenvalue weighted by atomic mass is 9.71. The molecule has 1 aliphatic rings. The topological polar surface area (TPSA) is 43.4 Å². The Hall–Kier alpha value is -1.12. The number of Topliss-reactive ketones (excluding diaryl/α,β-unsaturated/α-hetero) is 1. The van der Waals surface area contributed by atoms with Gasteiger partial charge in [0.25, 0.3) is 0 Å². The van der Waals surface area contributed by atoms with Crippen molar-refractivity contribution in [3.63, 3.8) is 0 Å². The second kappa shape index (κ2) is 5.28. The fourth-order valence-corrected chi connectivity index (χ4v) is 2.17. The van der Waals surface area contributed by atoms with Crippen molar-refractivity contribution in [3.8, 4) is 0 Å². The highest BCUT2D eigenvalue weighted by molar-refractivity contribution is 5.82. The van der Waals surface area contributed by atoms with Gasteiger partial charge in [-0.15, -0.1) is 0 Å². The summed E-state index contributed by atoms with van der Waals surface area (Å²) in [6, 6.07) is 0. The van der Waals surface area contributed by atoms with E-state index in [0.717, 1.165) is 12.8 Å². The Labute approximate surface area is 96.9 Å². The van der Waals surface area contributed by atoms with E-state index in [0.29, 0.717) is 24.5 Å². The van der Waals surface area contributed by atoms with E-state index >= 15 is 0 Å². The number of ketones is 1. The largest absolute Gasteiger partial charge is 0.466 e. The van der Waals surface area contributed by atoms with Crippen molar-refractivity contribution in [1.82, 2.24) is 0 Å². The van der Waals surface area contributed by atoms with Gasteiger partial charge in [0.2, 0.25) is 0 Å². The van der Waals surface area contributed by atoms with E-state index in [1.807, 2.05) is 6.08 Å². The van der Waals surface area contributed by atoms with Crippen LogP contribution in [0.25, 0.3) is 0 Å². The molecule has 90 valence electrons. The summed E-state index contributed by atoms with van der Waals surface area (Å²) in [6.45, 7) is 4.21. The number of hydrogen-bond donors (Lipinski definition) is 0. The highest BCUT2D eigenvalue weighted by atomic mass is 16.5. The number of carbonyl (C=O) groups excluding carboxylic acids is 2. The average Bonchev–Trinajstić information content (AvgIpc) is 2.26. The van der Waals surface area contributed by atoms with Gasteiger partial charge in [-0.1, -0.05) is 19.9 Å². The Kier molecular flexibility index (Phi) is 4.27. The quantitative estimate of drug-likeness (QED) is 0.546. The van der Waals surface area contributed by atoms with Crippen LogP contribution in [0.4, 0.5) is 0 Å². The third-order valence-corrected chi connectivity index (χ3v) is 3.45. The first-order valence-corrected chi connectivity index (χ1v) is 5.74. The molecule has 0 aromatic carbocycles. The number of allylic oxidation sites excluding steroid dienone is 1. The third-order valence-electron chi connectivity index (χ3n) is 3.45. The molecule has 0 aromatic heterocycles. The van der Waals surface area contributed by atoms with Crippen LogP contribution in [0.5, 0.6) is 0 Å². The van der Waals surface area contributed by atoms with Gasteiger partial charge in [0.05, 0.1) is 7.11 Å². The normalized spacial score (nSPS) is 19.1. The van der Waals surface area contributed by atoms with E-state index in [1.54, 1.807) is 0 Å². The molecule has 1 fully saturated rings. The molecule has 0 unspecified atom stereocenters. The Balaban J connectivity index is 2.59. The number of ether oxygens (including phenoxy) is 1. The first kappa shape index (κ1) is 12.9. The molecule has 0 radical (unpaired) electrons. The zero-order valence-electron chi connectivity index (χ0n) is 10.3. The fourth-order valence-electron chi connectivity index (χ4n) is 2.17. The van der Waals surface area contributed by atoms with Crippen LogP contribution < -0.4 is 0 Å². The third kappa shape index (κ3) is 3.47. The molecule has 0 saturated heterocycles. The van der Waals surface area contributed by atoms with Gasteiger partial charge in [-0.3, -0.25) is 4.79 Å². The second-order valence-electron chi connectivity index (χ2n) is 4.99. The summed E-state index contributed by atoms with van der Waals surface area (Å²) in [5.41, 5.74) is -0.0467. The molecular weight excluding hydrogens is 204 g/mol. The Morgan fingerprint density at radius 2 is 1.94 bits per heavy atom. The number of carbonyl (C=O) groups is 2. The lowest BCUT2D eigenvalue weighted by Gasteiger charge is -2.34. The van der Waals surface area contributed by atoms with Gasteiger partial charge in [0.15, 0.2) is 0 Å². The van der Waals surface area contributed by atoms with Gasteiger partial charge >= 0.3 is 5.97 Å². The molecule has 0 heterocycles. The van der Waals surface area contributed by atoms with Crippen LogP contribution in [0.15, 0.2) is 12.2 Å². The van der Waals surface area contributed by atoms with Crippen LogP contribution in [0.2, 0.25) is 0 Å². The minimum Gasteiger partial charge on any atom is -0.466 e. The highest BCUT2D eigenvalue weighted by Crippen LogP contribution is 2.38. The molecule has 0 aliphatic heterocycles. The van der Waals surface area contributed by atoms with Gasteiger partial charge in [-0.25, -0.2) is 4.79 Å². The molecule has 0 atom stereocenters. The second-order valence-corrected chi connectivity index (χ2v) is 4.99. The van der Waals surface area contributed by atoms with Crippen molar-refractivity contribution in [2.75, 3.05) is 7.11 Å². The summed E-state index contributed by atoms with van der Waals surface area (Å²) < 4.78 is 4.57. The number of rotatable bonds is 3. The van der Waals surface area contributed by atoms with Crippen LogP contribution >= 0.6 is 0 Å². The van der Waals surface area contributed by atoms with Crippen molar-refractivity contribution in [2.45, 2.75) is 39.5 Å². The summed E-state index contributed by atoms with van der Waals surface area (Å²) in [7, 11) is 1.37. The smallest absolute Gasteiger partial charge is 0.330 e. The van der Waals surface area contributed by atoms with Crippen LogP contribution in [-0.2, 0) is 14.3 Å². The Morgan fingerprint density at radius 1 is 1.38 bits per heavy atom. The van der Waals surface area contributed by atoms with Crippen LogP contribution in [0.3, 0.4) is 0 Å². The summed E-state index contributed by atoms with van der Waals surface area (Å²) in [6.07, 6.45) is 6.60. The maximum Gasteiger partial charge on any atom is 0.330 e. The summed E-state index contributed by atoms with van der Waals surface area (Å²) in [5, 5.41) is 0. The average molecular weight is 224 g/mol. The van der Waals surface area contributed by atoms with Crippen LogP contribution in [0.1, 0.15) is 39.5 Å². The van der Waals surface area contributed by atoms with Crippen LogP contribution in [-0.4, -0.2) is 18.9 Å². The van der Waals surface area contributed by atoms with E-state index < -0.39 is 0 Å². The van der Waals surface area contributed by atoms with Gasteiger partial charge in [0, 0.05) is 18.9 Å². The molecule has 0 bridgehead atoms. The summed E-state index contributed by atoms with van der Waals surface area (Å²) in [4.78, 5) is 22.2. The van der Waals surface area contributed by atoms with Crippen molar-refractivity contribution in [1.29, 1.82) is 0 Å². The summed E-state index contributed by atoms with van der Waals surface area (Å²) >= 11 is 0. The maximum atomic E-state index is 11.2. The SMILES string of the molecule is COC(=O)/C=C/C(C)(C)C1CCC(=O)CC1. The van der Waals surface area contributed by atoms with Crippen molar-refractivity contribution in [2.24, 2.45) is 11.3 Å². The first-order valence-electron chi connectivity index (χ1n) is 5.74. The predicted molar refractivity (Wildman–Crippen MR) is 61.9 cm³/mol. The first-order chi connectivity index (χ1) is 7.45. The lowest BCUT2D eigenvalue weighted by Crippen LogP contribution is -2.27. The summed E-state index contributed by atoms with van der Waals surface area (Å²) in [5.74, 6) is 0.523. The molecule has 0 aromatic rings. The molecule has 0 N–H and O–H groups in total. The van der Waals surface area contributed by atoms with E-state index in [1.165, 1.54) is 13.2 Å². The standard InChI is InChI=1S/C13H20O3/c1-13(2,9-8-12(15)16-3)10-4-6-11(14)7-5-10/h8-10H,4-7H2,1-3H3/b9-8+. The monoisotopic (exact) mass is 224 g/mol. The maximum absolute atomic E-state index is 11.2. The number of hydrogen-bond acceptors (Lipinski definition) is 3. The van der Waals surface area contributed by atoms with Gasteiger partial charge in [0.1, 0.15) is 5.78 Å². The predicted octanol–water partition coefficient (Wildman–Crippen LogP) is 2.50. The fraction of sp³-hybridized carbons (Fsp3) is 0.692. The van der Waals surface area contributed by atoms with E-state index in [2.05, 4.69) is 18.6 Å². The van der Waals surface area contributed by atoms with Crippen LogP contribution in [0, 0.1) is 11.3 Å². The minimum absolute atomic E-state index is 0.0467. The molecule has 1 aliphatic carbocycles. The number of esters is 1. The molecule has 0 spiro atoms. The highest BCUT2D eigenvalue weighted by Gasteiger charge is 2.30.